The summed E-state index contributed by atoms with van der Waals surface area (Å²) in [5.74, 6) is 0.586. The number of aromatic nitrogens is 1. The Balaban J connectivity index is 1.18. The number of fused-ring (bicyclic) bond motifs is 7. The van der Waals surface area contributed by atoms with Gasteiger partial charge in [-0.2, -0.15) is 0 Å². The maximum absolute atomic E-state index is 6.87. The second-order valence-corrected chi connectivity index (χ2v) is 13.5. The van der Waals surface area contributed by atoms with E-state index in [0.29, 0.717) is 11.5 Å². The van der Waals surface area contributed by atoms with Crippen molar-refractivity contribution in [2.45, 2.75) is 0 Å². The summed E-state index contributed by atoms with van der Waals surface area (Å²) >= 11 is 0. The van der Waals surface area contributed by atoms with Crippen LogP contribution in [0.5, 0.6) is 0 Å². The van der Waals surface area contributed by atoms with Crippen molar-refractivity contribution in [3.05, 3.63) is 182 Å². The van der Waals surface area contributed by atoms with Crippen molar-refractivity contribution in [1.29, 1.82) is 0 Å². The van der Waals surface area contributed by atoms with E-state index in [1.54, 1.807) is 0 Å². The van der Waals surface area contributed by atoms with Crippen LogP contribution in [0, 0.1) is 0 Å². The van der Waals surface area contributed by atoms with Gasteiger partial charge in [-0.3, -0.25) is 0 Å². The van der Waals surface area contributed by atoms with Crippen LogP contribution in [-0.4, -0.2) is 4.98 Å². The molecule has 54 heavy (non-hydrogen) atoms. The lowest BCUT2D eigenvalue weighted by Crippen LogP contribution is -2.11. The lowest BCUT2D eigenvalue weighted by atomic mass is 9.93. The van der Waals surface area contributed by atoms with Gasteiger partial charge in [0.15, 0.2) is 11.2 Å². The molecule has 11 aromatic rings. The molecule has 0 aliphatic carbocycles. The van der Waals surface area contributed by atoms with Gasteiger partial charge in [0, 0.05) is 33.5 Å². The standard InChI is InChI=1S/C49H30N2O3/c1-4-14-31(15-5-1)35-27-26-34(28-38(35)32-16-6-2-7-17-32)51(41-22-13-25-44-47(41)37-20-10-11-24-43(37)52-44)42-23-12-21-36-39-29-46-40(30-45(39)53-48(36)42)50-49(54-46)33-18-8-3-9-19-33/h1-30H. The molecule has 8 aromatic carbocycles. The number of furan rings is 2. The summed E-state index contributed by atoms with van der Waals surface area (Å²) < 4.78 is 19.6. The monoisotopic (exact) mass is 694 g/mol. The Bertz CT molecular complexity index is 3160. The summed E-state index contributed by atoms with van der Waals surface area (Å²) in [6.45, 7) is 0. The van der Waals surface area contributed by atoms with Crippen LogP contribution in [-0.2, 0) is 0 Å². The third-order valence-electron chi connectivity index (χ3n) is 10.3. The molecule has 0 saturated carbocycles. The van der Waals surface area contributed by atoms with Crippen LogP contribution >= 0.6 is 0 Å². The molecule has 3 heterocycles. The normalized spacial score (nSPS) is 11.7. The summed E-state index contributed by atoms with van der Waals surface area (Å²) in [6, 6.07) is 62.8. The van der Waals surface area contributed by atoms with Crippen molar-refractivity contribution in [2.75, 3.05) is 4.90 Å². The first-order valence-corrected chi connectivity index (χ1v) is 18.0. The molecular formula is C49H30N2O3. The third-order valence-corrected chi connectivity index (χ3v) is 10.3. The number of para-hydroxylation sites is 2. The van der Waals surface area contributed by atoms with Gasteiger partial charge in [0.2, 0.25) is 5.89 Å². The zero-order valence-corrected chi connectivity index (χ0v) is 28.9. The van der Waals surface area contributed by atoms with Crippen LogP contribution in [0.3, 0.4) is 0 Å². The van der Waals surface area contributed by atoms with Gasteiger partial charge in [-0.25, -0.2) is 4.98 Å². The number of benzene rings is 8. The Morgan fingerprint density at radius 3 is 1.83 bits per heavy atom. The van der Waals surface area contributed by atoms with E-state index in [2.05, 4.69) is 132 Å². The number of nitrogens with zero attached hydrogens (tertiary/aromatic N) is 2. The molecule has 11 rings (SSSR count). The van der Waals surface area contributed by atoms with Gasteiger partial charge >= 0.3 is 0 Å². The molecule has 0 radical (unpaired) electrons. The van der Waals surface area contributed by atoms with Crippen LogP contribution < -0.4 is 4.90 Å². The van der Waals surface area contributed by atoms with Crippen molar-refractivity contribution < 1.29 is 13.3 Å². The summed E-state index contributed by atoms with van der Waals surface area (Å²) in [5.41, 5.74) is 13.0. The summed E-state index contributed by atoms with van der Waals surface area (Å²) in [6.07, 6.45) is 0. The van der Waals surface area contributed by atoms with Gasteiger partial charge in [0.25, 0.3) is 0 Å². The lowest BCUT2D eigenvalue weighted by molar-refractivity contribution is 0.620. The molecule has 254 valence electrons. The van der Waals surface area contributed by atoms with Crippen molar-refractivity contribution >= 4 is 72.0 Å². The van der Waals surface area contributed by atoms with Crippen molar-refractivity contribution in [3.63, 3.8) is 0 Å². The van der Waals surface area contributed by atoms with Gasteiger partial charge in [-0.15, -0.1) is 0 Å². The maximum atomic E-state index is 6.87. The van der Waals surface area contributed by atoms with Crippen LogP contribution in [0.15, 0.2) is 195 Å². The largest absolute Gasteiger partial charge is 0.456 e. The Labute approximate surface area is 309 Å². The van der Waals surface area contributed by atoms with Crippen LogP contribution in [0.2, 0.25) is 0 Å². The van der Waals surface area contributed by atoms with Crippen molar-refractivity contribution in [1.82, 2.24) is 4.98 Å². The minimum Gasteiger partial charge on any atom is -0.456 e. The van der Waals surface area contributed by atoms with Crippen LogP contribution in [0.25, 0.3) is 88.7 Å². The third kappa shape index (κ3) is 4.83. The van der Waals surface area contributed by atoms with E-state index < -0.39 is 0 Å². The number of hydrogen-bond donors (Lipinski definition) is 0. The van der Waals surface area contributed by atoms with E-state index >= 15 is 0 Å². The smallest absolute Gasteiger partial charge is 0.227 e. The quantitative estimate of drug-likeness (QED) is 0.173. The van der Waals surface area contributed by atoms with E-state index in [0.717, 1.165) is 94.3 Å². The molecule has 0 fully saturated rings. The molecule has 3 aromatic heterocycles. The lowest BCUT2D eigenvalue weighted by Gasteiger charge is -2.27. The van der Waals surface area contributed by atoms with Gasteiger partial charge in [-0.1, -0.05) is 121 Å². The molecular weight excluding hydrogens is 665 g/mol. The topological polar surface area (TPSA) is 55.6 Å². The first-order valence-electron chi connectivity index (χ1n) is 18.0. The first-order chi connectivity index (χ1) is 26.8. The number of anilines is 3. The van der Waals surface area contributed by atoms with E-state index in [1.165, 1.54) is 0 Å². The SMILES string of the molecule is c1ccc(-c2nc3cc4oc5c(N(c6ccc(-c7ccccc7)c(-c7ccccc7)c6)c6cccc7oc8ccccc8c67)cccc5c4cc3o2)cc1. The number of rotatable bonds is 6. The highest BCUT2D eigenvalue weighted by Gasteiger charge is 2.25. The molecule has 0 amide bonds. The molecule has 0 unspecified atom stereocenters. The first kappa shape index (κ1) is 30.3. The number of hydrogen-bond acceptors (Lipinski definition) is 5. The minimum absolute atomic E-state index is 0.586. The molecule has 0 bridgehead atoms. The maximum Gasteiger partial charge on any atom is 0.227 e. The molecule has 0 saturated heterocycles. The van der Waals surface area contributed by atoms with Gasteiger partial charge in [0.1, 0.15) is 22.3 Å². The second kappa shape index (κ2) is 12.1. The predicted molar refractivity (Wildman–Crippen MR) is 220 cm³/mol. The molecule has 0 aliphatic rings. The highest BCUT2D eigenvalue weighted by molar-refractivity contribution is 6.17. The average Bonchev–Trinajstić information content (AvgIpc) is 3.94. The Morgan fingerprint density at radius 2 is 1.04 bits per heavy atom. The fourth-order valence-corrected chi connectivity index (χ4v) is 7.83. The van der Waals surface area contributed by atoms with Crippen LogP contribution in [0.4, 0.5) is 17.1 Å². The second-order valence-electron chi connectivity index (χ2n) is 13.5. The summed E-state index contributed by atoms with van der Waals surface area (Å²) in [4.78, 5) is 7.15. The van der Waals surface area contributed by atoms with E-state index in [9.17, 15) is 0 Å². The Kier molecular flexibility index (Phi) is 6.79. The Hall–Kier alpha value is -7.37. The summed E-state index contributed by atoms with van der Waals surface area (Å²) in [7, 11) is 0. The minimum atomic E-state index is 0.586. The summed E-state index contributed by atoms with van der Waals surface area (Å²) in [5, 5.41) is 4.03. The van der Waals surface area contributed by atoms with Crippen molar-refractivity contribution in [2.24, 2.45) is 0 Å². The van der Waals surface area contributed by atoms with Gasteiger partial charge in [0.05, 0.1) is 16.8 Å². The fraction of sp³-hybridized carbons (Fsp3) is 0. The molecule has 0 aliphatic heterocycles. The molecule has 0 atom stereocenters. The highest BCUT2D eigenvalue weighted by atomic mass is 16.4. The zero-order valence-electron chi connectivity index (χ0n) is 28.9. The molecule has 5 nitrogen and oxygen atoms in total. The average molecular weight is 695 g/mol. The molecule has 0 spiro atoms. The van der Waals surface area contributed by atoms with Gasteiger partial charge < -0.3 is 18.2 Å². The zero-order chi connectivity index (χ0) is 35.6. The van der Waals surface area contributed by atoms with Gasteiger partial charge in [-0.05, 0) is 76.9 Å². The Morgan fingerprint density at radius 1 is 0.389 bits per heavy atom. The van der Waals surface area contributed by atoms with E-state index in [-0.39, 0.29) is 0 Å². The van der Waals surface area contributed by atoms with Crippen molar-refractivity contribution in [3.8, 4) is 33.7 Å². The van der Waals surface area contributed by atoms with E-state index in [4.69, 9.17) is 18.2 Å². The number of oxazole rings is 1. The predicted octanol–water partition coefficient (Wildman–Crippen LogP) is 14.1. The molecule has 0 N–H and O–H groups in total. The molecule has 5 heteroatoms. The van der Waals surface area contributed by atoms with Crippen LogP contribution in [0.1, 0.15) is 0 Å². The highest BCUT2D eigenvalue weighted by Crippen LogP contribution is 2.48. The fourth-order valence-electron chi connectivity index (χ4n) is 7.83. The van der Waals surface area contributed by atoms with E-state index in [1.807, 2.05) is 54.6 Å².